The summed E-state index contributed by atoms with van der Waals surface area (Å²) in [5.41, 5.74) is 6.23. The maximum Gasteiger partial charge on any atom is 0.573 e. The second-order valence-corrected chi connectivity index (χ2v) is 8.72. The molecule has 1 N–H and O–H groups in total. The maximum atomic E-state index is 12.4. The van der Waals surface area contributed by atoms with Gasteiger partial charge in [-0.1, -0.05) is 36.4 Å². The van der Waals surface area contributed by atoms with Gasteiger partial charge < -0.3 is 10.1 Å². The van der Waals surface area contributed by atoms with Gasteiger partial charge >= 0.3 is 6.36 Å². The van der Waals surface area contributed by atoms with Crippen LogP contribution >= 0.6 is 12.2 Å². The molecule has 0 aliphatic heterocycles. The van der Waals surface area contributed by atoms with Crippen molar-refractivity contribution in [2.24, 2.45) is 10.2 Å². The highest BCUT2D eigenvalue weighted by molar-refractivity contribution is 7.80. The van der Waals surface area contributed by atoms with Crippen LogP contribution in [-0.4, -0.2) is 21.0 Å². The Morgan fingerprint density at radius 2 is 1.89 bits per heavy atom. The minimum absolute atomic E-state index is 0.0491. The van der Waals surface area contributed by atoms with Crippen LogP contribution in [0.15, 0.2) is 107 Å². The number of imidazole rings is 1. The van der Waals surface area contributed by atoms with Gasteiger partial charge in [0.05, 0.1) is 17.6 Å². The number of allylic oxidation sites excluding steroid dienone is 6. The minimum Gasteiger partial charge on any atom is -0.406 e. The number of benzene rings is 2. The quantitative estimate of drug-likeness (QED) is 0.288. The lowest BCUT2D eigenvalue weighted by molar-refractivity contribution is -0.274. The third-order valence-electron chi connectivity index (χ3n) is 5.83. The van der Waals surface area contributed by atoms with E-state index in [2.05, 4.69) is 25.3 Å². The second kappa shape index (κ2) is 9.98. The van der Waals surface area contributed by atoms with E-state index in [9.17, 15) is 13.2 Å². The number of ether oxygens (including phenoxy) is 1. The summed E-state index contributed by atoms with van der Waals surface area (Å²) >= 11 is 5.26. The van der Waals surface area contributed by atoms with Gasteiger partial charge in [-0.2, -0.15) is 5.11 Å². The molecule has 0 fully saturated rings. The molecule has 6 nitrogen and oxygen atoms in total. The van der Waals surface area contributed by atoms with Crippen molar-refractivity contribution in [3.63, 3.8) is 0 Å². The minimum atomic E-state index is -4.73. The Labute approximate surface area is 216 Å². The maximum absolute atomic E-state index is 12.4. The van der Waals surface area contributed by atoms with Crippen LogP contribution in [0, 0.1) is 6.92 Å². The molecule has 1 atom stereocenters. The Morgan fingerprint density at radius 3 is 2.65 bits per heavy atom. The molecule has 2 aliphatic rings. The van der Waals surface area contributed by atoms with Gasteiger partial charge in [0.1, 0.15) is 12.1 Å². The molecule has 10 heteroatoms. The standard InChI is InChI=1S/C27H20F3N5OS/c1-17-4-2-3-5-23(17)33-26(37)34-32-15-18-6-12-22-19(14-18)7-13-24-25(22)31-16-35(24)20-8-10-21(11-9-20)36-27(28,29)30/h2-16,22H,1H3,(H,33,37)/b18-15+,34-32?. The zero-order chi connectivity index (χ0) is 26.0. The number of halogens is 3. The molecule has 2 aliphatic carbocycles. The van der Waals surface area contributed by atoms with Crippen molar-refractivity contribution in [1.29, 1.82) is 0 Å². The molecule has 1 aromatic heterocycles. The number of rotatable bonds is 4. The fraction of sp³-hybridized carbons (Fsp3) is 0.111. The van der Waals surface area contributed by atoms with Gasteiger partial charge in [-0.05, 0) is 78.3 Å². The molecule has 0 spiro atoms. The Morgan fingerprint density at radius 1 is 1.11 bits per heavy atom. The molecule has 5 rings (SSSR count). The van der Waals surface area contributed by atoms with E-state index in [0.717, 1.165) is 33.8 Å². The van der Waals surface area contributed by atoms with Gasteiger partial charge in [-0.3, -0.25) is 4.57 Å². The lowest BCUT2D eigenvalue weighted by Crippen LogP contribution is -2.17. The van der Waals surface area contributed by atoms with Gasteiger partial charge in [0.2, 0.25) is 5.11 Å². The smallest absolute Gasteiger partial charge is 0.406 e. The SMILES string of the molecule is Cc1ccccc1NC(=S)N=N/C=C1\C=CC2C(=C1)C=Cc1c2ncn1-c1ccc(OC(F)(F)F)cc1. The van der Waals surface area contributed by atoms with Crippen molar-refractivity contribution in [2.75, 3.05) is 5.32 Å². The van der Waals surface area contributed by atoms with Crippen LogP contribution in [0.25, 0.3) is 11.8 Å². The van der Waals surface area contributed by atoms with Gasteiger partial charge in [0, 0.05) is 17.3 Å². The van der Waals surface area contributed by atoms with E-state index in [1.54, 1.807) is 24.7 Å². The second-order valence-electron chi connectivity index (χ2n) is 8.33. The monoisotopic (exact) mass is 519 g/mol. The Balaban J connectivity index is 1.29. The number of nitrogens with zero attached hydrogens (tertiary/aromatic N) is 4. The number of para-hydroxylation sites is 1. The normalized spacial score (nSPS) is 17.5. The number of nitrogens with one attached hydrogen (secondary N) is 1. The number of aryl methyl sites for hydroxylation is 1. The molecule has 0 saturated carbocycles. The number of azo groups is 1. The van der Waals surface area contributed by atoms with Crippen LogP contribution in [0.4, 0.5) is 18.9 Å². The van der Waals surface area contributed by atoms with Crippen molar-refractivity contribution in [3.05, 3.63) is 113 Å². The number of aromatic nitrogens is 2. The zero-order valence-corrected chi connectivity index (χ0v) is 20.3. The summed E-state index contributed by atoms with van der Waals surface area (Å²) in [5, 5.41) is 11.5. The molecule has 1 unspecified atom stereocenters. The average molecular weight is 520 g/mol. The highest BCUT2D eigenvalue weighted by Crippen LogP contribution is 2.38. The van der Waals surface area contributed by atoms with Crippen LogP contribution in [0.2, 0.25) is 0 Å². The van der Waals surface area contributed by atoms with Crippen molar-refractivity contribution < 1.29 is 17.9 Å². The van der Waals surface area contributed by atoms with Gasteiger partial charge in [0.15, 0.2) is 0 Å². The van der Waals surface area contributed by atoms with E-state index in [4.69, 9.17) is 12.2 Å². The first-order valence-electron chi connectivity index (χ1n) is 11.3. The summed E-state index contributed by atoms with van der Waals surface area (Å²) in [5.74, 6) is -0.323. The van der Waals surface area contributed by atoms with Crippen LogP contribution < -0.4 is 10.1 Å². The van der Waals surface area contributed by atoms with Gasteiger partial charge in [-0.15, -0.1) is 18.3 Å². The molecular formula is C27H20F3N5OS. The predicted molar refractivity (Wildman–Crippen MR) is 140 cm³/mol. The molecule has 2 aromatic carbocycles. The van der Waals surface area contributed by atoms with Crippen molar-refractivity contribution >= 4 is 29.1 Å². The number of fused-ring (bicyclic) bond motifs is 3. The van der Waals surface area contributed by atoms with E-state index in [1.165, 1.54) is 12.1 Å². The third kappa shape index (κ3) is 5.59. The topological polar surface area (TPSA) is 63.8 Å². The third-order valence-corrected chi connectivity index (χ3v) is 6.01. The molecule has 1 heterocycles. The molecule has 37 heavy (non-hydrogen) atoms. The van der Waals surface area contributed by atoms with E-state index >= 15 is 0 Å². The first-order valence-corrected chi connectivity index (χ1v) is 11.7. The molecule has 3 aromatic rings. The van der Waals surface area contributed by atoms with Gasteiger partial charge in [-0.25, -0.2) is 4.98 Å². The summed E-state index contributed by atoms with van der Waals surface area (Å²) in [4.78, 5) is 4.58. The lowest BCUT2D eigenvalue weighted by atomic mass is 9.84. The van der Waals surface area contributed by atoms with Crippen molar-refractivity contribution in [3.8, 4) is 11.4 Å². The van der Waals surface area contributed by atoms with Crippen LogP contribution in [-0.2, 0) is 0 Å². The number of thiocarbonyl (C=S) groups is 1. The summed E-state index contributed by atoms with van der Waals surface area (Å²) in [6.07, 6.45) is 8.47. The summed E-state index contributed by atoms with van der Waals surface area (Å²) in [7, 11) is 0. The molecule has 186 valence electrons. The fourth-order valence-electron chi connectivity index (χ4n) is 4.10. The van der Waals surface area contributed by atoms with Crippen LogP contribution in [0.1, 0.15) is 22.9 Å². The van der Waals surface area contributed by atoms with E-state index in [-0.39, 0.29) is 16.8 Å². The molecule has 0 amide bonds. The molecule has 0 saturated heterocycles. The van der Waals surface area contributed by atoms with E-state index in [0.29, 0.717) is 5.69 Å². The number of hydrogen-bond donors (Lipinski definition) is 1. The Hall–Kier alpha value is -4.31. The molecular weight excluding hydrogens is 499 g/mol. The zero-order valence-electron chi connectivity index (χ0n) is 19.5. The number of hydrogen-bond acceptors (Lipinski definition) is 4. The van der Waals surface area contributed by atoms with Crippen molar-refractivity contribution in [1.82, 2.24) is 9.55 Å². The lowest BCUT2D eigenvalue weighted by Gasteiger charge is -2.22. The van der Waals surface area contributed by atoms with Crippen LogP contribution in [0.3, 0.4) is 0 Å². The number of alkyl halides is 3. The van der Waals surface area contributed by atoms with E-state index in [1.807, 2.05) is 66.1 Å². The Kier molecular flexibility index (Phi) is 6.58. The van der Waals surface area contributed by atoms with E-state index < -0.39 is 6.36 Å². The highest BCUT2D eigenvalue weighted by atomic mass is 32.1. The molecule has 0 radical (unpaired) electrons. The Bertz CT molecular complexity index is 1500. The number of anilines is 1. The fourth-order valence-corrected chi connectivity index (χ4v) is 4.25. The summed E-state index contributed by atoms with van der Waals surface area (Å²) in [6, 6.07) is 13.4. The predicted octanol–water partition coefficient (Wildman–Crippen LogP) is 7.42. The van der Waals surface area contributed by atoms with Crippen molar-refractivity contribution in [2.45, 2.75) is 19.2 Å². The van der Waals surface area contributed by atoms with Gasteiger partial charge in [0.25, 0.3) is 0 Å². The first-order chi connectivity index (χ1) is 17.8. The summed E-state index contributed by atoms with van der Waals surface area (Å²) in [6.45, 7) is 1.98. The largest absolute Gasteiger partial charge is 0.573 e. The molecule has 0 bridgehead atoms. The van der Waals surface area contributed by atoms with Crippen LogP contribution in [0.5, 0.6) is 5.75 Å². The highest BCUT2D eigenvalue weighted by Gasteiger charge is 2.31. The average Bonchev–Trinajstić information content (AvgIpc) is 3.29. The first kappa shape index (κ1) is 24.4. The summed E-state index contributed by atoms with van der Waals surface area (Å²) < 4.78 is 43.1.